The van der Waals surface area contributed by atoms with Gasteiger partial charge in [-0.25, -0.2) is 9.78 Å². The number of piperidine rings is 1. The number of carbonyl (C=O) groups excluding carboxylic acids is 2. The third-order valence-corrected chi connectivity index (χ3v) is 7.54. The highest BCUT2D eigenvalue weighted by Gasteiger charge is 2.29. The van der Waals surface area contributed by atoms with Gasteiger partial charge in [0.2, 0.25) is 0 Å². The highest BCUT2D eigenvalue weighted by molar-refractivity contribution is 6.07. The summed E-state index contributed by atoms with van der Waals surface area (Å²) in [5.41, 5.74) is 6.62. The smallest absolute Gasteiger partial charge is 0.339 e. The van der Waals surface area contributed by atoms with Crippen LogP contribution in [0.5, 0.6) is 0 Å². The normalized spacial score (nSPS) is 18.8. The fourth-order valence-corrected chi connectivity index (χ4v) is 5.61. The number of benzene rings is 2. The molecule has 1 atom stereocenters. The Kier molecular flexibility index (Phi) is 7.17. The summed E-state index contributed by atoms with van der Waals surface area (Å²) in [6.07, 6.45) is 8.90. The van der Waals surface area contributed by atoms with Gasteiger partial charge in [-0.1, -0.05) is 55.0 Å². The minimum absolute atomic E-state index is 0.0953. The van der Waals surface area contributed by atoms with Gasteiger partial charge < -0.3 is 9.64 Å². The van der Waals surface area contributed by atoms with E-state index in [1.807, 2.05) is 29.2 Å². The maximum atomic E-state index is 13.5. The van der Waals surface area contributed by atoms with Gasteiger partial charge in [0, 0.05) is 18.0 Å². The number of aromatic nitrogens is 1. The molecule has 0 spiro atoms. The van der Waals surface area contributed by atoms with Gasteiger partial charge in [-0.2, -0.15) is 0 Å². The van der Waals surface area contributed by atoms with Crippen molar-refractivity contribution in [3.8, 4) is 0 Å². The van der Waals surface area contributed by atoms with Crippen LogP contribution in [-0.4, -0.2) is 41.0 Å². The number of allylic oxidation sites excluding steroid dienone is 1. The van der Waals surface area contributed by atoms with E-state index in [-0.39, 0.29) is 18.6 Å². The topological polar surface area (TPSA) is 59.5 Å². The predicted molar refractivity (Wildman–Crippen MR) is 144 cm³/mol. The molecule has 1 aliphatic carbocycles. The quantitative estimate of drug-likeness (QED) is 0.397. The minimum atomic E-state index is -0.431. The van der Waals surface area contributed by atoms with Crippen LogP contribution in [0.4, 0.5) is 0 Å². The van der Waals surface area contributed by atoms with E-state index in [1.165, 1.54) is 5.56 Å². The van der Waals surface area contributed by atoms with Crippen molar-refractivity contribution in [2.45, 2.75) is 64.8 Å². The van der Waals surface area contributed by atoms with E-state index in [9.17, 15) is 9.59 Å². The highest BCUT2D eigenvalue weighted by atomic mass is 16.5. The number of hydrogen-bond acceptors (Lipinski definition) is 4. The largest absolute Gasteiger partial charge is 0.452 e. The van der Waals surface area contributed by atoms with Crippen molar-refractivity contribution in [2.24, 2.45) is 0 Å². The summed E-state index contributed by atoms with van der Waals surface area (Å²) in [5.74, 6) is -0.526. The number of rotatable bonds is 5. The van der Waals surface area contributed by atoms with Gasteiger partial charge >= 0.3 is 5.97 Å². The summed E-state index contributed by atoms with van der Waals surface area (Å²) >= 11 is 0. The zero-order valence-electron chi connectivity index (χ0n) is 21.3. The van der Waals surface area contributed by atoms with E-state index in [1.54, 1.807) is 0 Å². The summed E-state index contributed by atoms with van der Waals surface area (Å²) in [6.45, 7) is 4.72. The van der Waals surface area contributed by atoms with Crippen LogP contribution in [0, 0.1) is 6.92 Å². The average Bonchev–Trinajstić information content (AvgIpc) is 2.91. The van der Waals surface area contributed by atoms with Crippen molar-refractivity contribution >= 4 is 34.4 Å². The molecule has 5 rings (SSSR count). The molecule has 2 aliphatic rings. The molecule has 0 saturated carbocycles. The number of amides is 1. The highest BCUT2D eigenvalue weighted by Crippen LogP contribution is 2.36. The SMILES string of the molecule is CC[C@H]1CCCCN1C(=O)COC(=O)c1c2c(nc3ccccc13)/C(=C/c1ccc(C)cc1)CCC2. The number of pyridine rings is 1. The van der Waals surface area contributed by atoms with Crippen molar-refractivity contribution in [1.29, 1.82) is 0 Å². The summed E-state index contributed by atoms with van der Waals surface area (Å²) in [5, 5.41) is 0.787. The molecule has 1 saturated heterocycles. The van der Waals surface area contributed by atoms with E-state index < -0.39 is 5.97 Å². The average molecular weight is 483 g/mol. The second-order valence-corrected chi connectivity index (χ2v) is 9.99. The van der Waals surface area contributed by atoms with Crippen molar-refractivity contribution in [2.75, 3.05) is 13.2 Å². The number of likely N-dealkylation sites (tertiary alicyclic amines) is 1. The van der Waals surface area contributed by atoms with Crippen molar-refractivity contribution in [1.82, 2.24) is 9.88 Å². The molecule has 0 unspecified atom stereocenters. The Hall–Kier alpha value is -3.47. The Balaban J connectivity index is 1.47. The van der Waals surface area contributed by atoms with Crippen molar-refractivity contribution < 1.29 is 14.3 Å². The van der Waals surface area contributed by atoms with E-state index in [2.05, 4.69) is 44.2 Å². The molecule has 5 nitrogen and oxygen atoms in total. The Morgan fingerprint density at radius 3 is 2.67 bits per heavy atom. The number of carbonyl (C=O) groups is 2. The number of para-hydroxylation sites is 1. The fourth-order valence-electron chi connectivity index (χ4n) is 5.61. The molecule has 0 N–H and O–H groups in total. The lowest BCUT2D eigenvalue weighted by Crippen LogP contribution is -2.45. The van der Waals surface area contributed by atoms with Crippen LogP contribution in [0.2, 0.25) is 0 Å². The molecular weight excluding hydrogens is 448 g/mol. The Bertz CT molecular complexity index is 1310. The molecular formula is C31H34N2O3. The standard InChI is InChI=1S/C31H34N2O3/c1-3-24-10-6-7-18-33(24)28(34)20-36-31(35)29-25-11-4-5-13-27(25)32-30-23(9-8-12-26(29)30)19-22-16-14-21(2)15-17-22/h4-5,11,13-17,19,24H,3,6-10,12,18,20H2,1-2H3/b23-19+/t24-/m0/s1. The lowest BCUT2D eigenvalue weighted by atomic mass is 9.86. The number of fused-ring (bicyclic) bond motifs is 2. The summed E-state index contributed by atoms with van der Waals surface area (Å²) in [7, 11) is 0. The second-order valence-electron chi connectivity index (χ2n) is 9.99. The Morgan fingerprint density at radius 1 is 1.06 bits per heavy atom. The third kappa shape index (κ3) is 4.92. The summed E-state index contributed by atoms with van der Waals surface area (Å²) < 4.78 is 5.70. The Labute approximate surface area is 213 Å². The molecule has 5 heteroatoms. The van der Waals surface area contributed by atoms with Gasteiger partial charge in [0.25, 0.3) is 5.91 Å². The summed E-state index contributed by atoms with van der Waals surface area (Å²) in [6, 6.07) is 16.4. The van der Waals surface area contributed by atoms with Crippen molar-refractivity contribution in [3.05, 3.63) is 76.5 Å². The van der Waals surface area contributed by atoms with Crippen LogP contribution in [0.15, 0.2) is 48.5 Å². The first-order valence-electron chi connectivity index (χ1n) is 13.2. The second kappa shape index (κ2) is 10.7. The molecule has 0 bridgehead atoms. The molecule has 2 aromatic carbocycles. The van der Waals surface area contributed by atoms with Crippen molar-refractivity contribution in [3.63, 3.8) is 0 Å². The number of hydrogen-bond donors (Lipinski definition) is 0. The van der Waals surface area contributed by atoms with Crippen LogP contribution in [0.3, 0.4) is 0 Å². The fraction of sp³-hybridized carbons (Fsp3) is 0.387. The molecule has 186 valence electrons. The molecule has 1 aromatic heterocycles. The molecule has 0 radical (unpaired) electrons. The summed E-state index contributed by atoms with van der Waals surface area (Å²) in [4.78, 5) is 33.4. The molecule has 1 aliphatic heterocycles. The van der Waals surface area contributed by atoms with Gasteiger partial charge in [-0.15, -0.1) is 0 Å². The van der Waals surface area contributed by atoms with Crippen LogP contribution in [-0.2, 0) is 16.0 Å². The van der Waals surface area contributed by atoms with E-state index in [0.29, 0.717) is 5.56 Å². The lowest BCUT2D eigenvalue weighted by Gasteiger charge is -2.35. The molecule has 3 aromatic rings. The lowest BCUT2D eigenvalue weighted by molar-refractivity contribution is -0.138. The predicted octanol–water partition coefficient (Wildman–Crippen LogP) is 6.37. The molecule has 1 fully saturated rings. The van der Waals surface area contributed by atoms with E-state index in [0.717, 1.165) is 84.8 Å². The number of aryl methyl sites for hydroxylation is 1. The first kappa shape index (κ1) is 24.2. The zero-order valence-corrected chi connectivity index (χ0v) is 21.3. The monoisotopic (exact) mass is 482 g/mol. The van der Waals surface area contributed by atoms with Crippen LogP contribution in [0.1, 0.15) is 78.2 Å². The molecule has 2 heterocycles. The van der Waals surface area contributed by atoms with Gasteiger partial charge in [-0.05, 0) is 80.7 Å². The maximum absolute atomic E-state index is 13.5. The maximum Gasteiger partial charge on any atom is 0.339 e. The van der Waals surface area contributed by atoms with Gasteiger partial charge in [0.15, 0.2) is 6.61 Å². The zero-order chi connectivity index (χ0) is 25.1. The number of nitrogens with zero attached hydrogens (tertiary/aromatic N) is 2. The molecule has 1 amide bonds. The van der Waals surface area contributed by atoms with Crippen LogP contribution in [0.25, 0.3) is 22.6 Å². The molecule has 36 heavy (non-hydrogen) atoms. The van der Waals surface area contributed by atoms with E-state index in [4.69, 9.17) is 9.72 Å². The number of esters is 1. The number of ether oxygens (including phenoxy) is 1. The first-order chi connectivity index (χ1) is 17.5. The Morgan fingerprint density at radius 2 is 1.86 bits per heavy atom. The van der Waals surface area contributed by atoms with Gasteiger partial charge in [0.05, 0.1) is 16.8 Å². The first-order valence-corrected chi connectivity index (χ1v) is 13.2. The van der Waals surface area contributed by atoms with Gasteiger partial charge in [-0.3, -0.25) is 4.79 Å². The minimum Gasteiger partial charge on any atom is -0.452 e. The van der Waals surface area contributed by atoms with Gasteiger partial charge in [0.1, 0.15) is 0 Å². The van der Waals surface area contributed by atoms with Crippen LogP contribution >= 0.6 is 0 Å². The third-order valence-electron chi connectivity index (χ3n) is 7.54. The van der Waals surface area contributed by atoms with E-state index >= 15 is 0 Å². The van der Waals surface area contributed by atoms with Crippen LogP contribution < -0.4 is 0 Å².